The molecule has 2 heterocycles. The van der Waals surface area contributed by atoms with Gasteiger partial charge in [0, 0.05) is 31.4 Å². The molecule has 4 rings (SSSR count). The number of rotatable bonds is 6. The van der Waals surface area contributed by atoms with Gasteiger partial charge in [-0.05, 0) is 50.8 Å². The van der Waals surface area contributed by atoms with Gasteiger partial charge in [0.05, 0.1) is 29.2 Å². The average molecular weight is 450 g/mol. The van der Waals surface area contributed by atoms with E-state index >= 15 is 4.39 Å². The highest BCUT2D eigenvalue weighted by Crippen LogP contribution is 2.30. The lowest BCUT2D eigenvalue weighted by Gasteiger charge is -2.18. The zero-order valence-electron chi connectivity index (χ0n) is 18.8. The number of nitrogens with zero attached hydrogens (tertiary/aromatic N) is 5. The second-order valence-electron chi connectivity index (χ2n) is 8.05. The van der Waals surface area contributed by atoms with Crippen LogP contribution < -0.4 is 10.2 Å². The summed E-state index contributed by atoms with van der Waals surface area (Å²) < 4.78 is 30.3. The van der Waals surface area contributed by atoms with E-state index < -0.39 is 5.82 Å². The van der Waals surface area contributed by atoms with E-state index in [1.165, 1.54) is 36.2 Å². The fourth-order valence-corrected chi connectivity index (χ4v) is 3.50. The minimum absolute atomic E-state index is 0.133. The number of halogens is 2. The van der Waals surface area contributed by atoms with Crippen molar-refractivity contribution >= 4 is 39.6 Å². The lowest BCUT2D eigenvalue weighted by atomic mass is 10.2. The number of likely N-dealkylation sites (N-methyl/N-ethyl adjacent to an activating group) is 2. The maximum absolute atomic E-state index is 15.0. The summed E-state index contributed by atoms with van der Waals surface area (Å²) in [4.78, 5) is 24.5. The van der Waals surface area contributed by atoms with E-state index in [1.807, 2.05) is 19.0 Å². The minimum atomic E-state index is -0.574. The Hall–Kier alpha value is -3.85. The van der Waals surface area contributed by atoms with Crippen molar-refractivity contribution < 1.29 is 13.6 Å². The fourth-order valence-electron chi connectivity index (χ4n) is 3.50. The summed E-state index contributed by atoms with van der Waals surface area (Å²) in [5, 5.41) is 3.19. The molecule has 1 amide bonds. The van der Waals surface area contributed by atoms with Crippen molar-refractivity contribution in [2.45, 2.75) is 6.92 Å². The van der Waals surface area contributed by atoms with Gasteiger partial charge in [0.25, 0.3) is 5.91 Å². The average Bonchev–Trinajstić information content (AvgIpc) is 3.25. The molecular formula is C24H24F2N6O. The van der Waals surface area contributed by atoms with Gasteiger partial charge in [-0.1, -0.05) is 6.08 Å². The number of benzene rings is 2. The smallest absolute Gasteiger partial charge is 0.250 e. The van der Waals surface area contributed by atoms with Gasteiger partial charge in [-0.2, -0.15) is 0 Å². The summed E-state index contributed by atoms with van der Waals surface area (Å²) in [6, 6.07) is 7.27. The van der Waals surface area contributed by atoms with Crippen LogP contribution in [0.4, 0.5) is 26.0 Å². The number of carbonyl (C=O) groups excluding carboxylic acids is 1. The number of anilines is 3. The molecule has 33 heavy (non-hydrogen) atoms. The van der Waals surface area contributed by atoms with Crippen LogP contribution in [0.3, 0.4) is 0 Å². The third-order valence-corrected chi connectivity index (χ3v) is 5.28. The molecule has 0 atom stereocenters. The van der Waals surface area contributed by atoms with Gasteiger partial charge < -0.3 is 15.1 Å². The van der Waals surface area contributed by atoms with Crippen LogP contribution in [0.1, 0.15) is 5.56 Å². The van der Waals surface area contributed by atoms with Crippen LogP contribution in [0.25, 0.3) is 16.6 Å². The SMILES string of the molecule is Cc1cc(F)ccc1Nc1nc2cc(F)c(N(C)C(=O)C=CCN(C)C)cc2n2cncc12. The molecule has 9 heteroatoms. The topological polar surface area (TPSA) is 65.8 Å². The van der Waals surface area contributed by atoms with Crippen LogP contribution in [-0.4, -0.2) is 52.9 Å². The van der Waals surface area contributed by atoms with Crippen molar-refractivity contribution in [1.29, 1.82) is 0 Å². The number of hydrogen-bond acceptors (Lipinski definition) is 5. The Kier molecular flexibility index (Phi) is 6.06. The third-order valence-electron chi connectivity index (χ3n) is 5.28. The second-order valence-corrected chi connectivity index (χ2v) is 8.05. The van der Waals surface area contributed by atoms with Crippen molar-refractivity contribution in [3.05, 3.63) is 72.2 Å². The molecule has 7 nitrogen and oxygen atoms in total. The highest BCUT2D eigenvalue weighted by molar-refractivity contribution is 6.02. The number of imidazole rings is 1. The first kappa shape index (κ1) is 22.3. The Morgan fingerprint density at radius 3 is 2.67 bits per heavy atom. The predicted molar refractivity (Wildman–Crippen MR) is 126 cm³/mol. The van der Waals surface area contributed by atoms with E-state index in [2.05, 4.69) is 15.3 Å². The maximum Gasteiger partial charge on any atom is 0.250 e. The summed E-state index contributed by atoms with van der Waals surface area (Å²) in [5.74, 6) is -0.785. The first-order valence-electron chi connectivity index (χ1n) is 10.3. The number of fused-ring (bicyclic) bond motifs is 3. The minimum Gasteiger partial charge on any atom is -0.338 e. The number of aryl methyl sites for hydroxylation is 1. The molecule has 0 aliphatic carbocycles. The molecule has 0 saturated heterocycles. The van der Waals surface area contributed by atoms with Crippen LogP contribution in [0.5, 0.6) is 0 Å². The third kappa shape index (κ3) is 4.54. The van der Waals surface area contributed by atoms with Crippen molar-refractivity contribution in [3.8, 4) is 0 Å². The lowest BCUT2D eigenvalue weighted by Crippen LogP contribution is -2.25. The van der Waals surface area contributed by atoms with Crippen LogP contribution >= 0.6 is 0 Å². The van der Waals surface area contributed by atoms with Gasteiger partial charge in [0.15, 0.2) is 5.82 Å². The molecule has 0 saturated carbocycles. The number of hydrogen-bond donors (Lipinski definition) is 1. The molecule has 4 aromatic rings. The van der Waals surface area contributed by atoms with Crippen molar-refractivity contribution in [2.75, 3.05) is 37.9 Å². The van der Waals surface area contributed by atoms with E-state index in [0.717, 1.165) is 0 Å². The fraction of sp³-hybridized carbons (Fsp3) is 0.208. The summed E-state index contributed by atoms with van der Waals surface area (Å²) in [6.07, 6.45) is 6.38. The first-order valence-corrected chi connectivity index (χ1v) is 10.3. The molecule has 1 N–H and O–H groups in total. The van der Waals surface area contributed by atoms with Crippen molar-refractivity contribution in [3.63, 3.8) is 0 Å². The number of nitrogens with one attached hydrogen (secondary N) is 1. The summed E-state index contributed by atoms with van der Waals surface area (Å²) >= 11 is 0. The predicted octanol–water partition coefficient (Wildman–Crippen LogP) is 4.29. The zero-order valence-corrected chi connectivity index (χ0v) is 18.8. The molecule has 0 fully saturated rings. The van der Waals surface area contributed by atoms with Gasteiger partial charge in [0.2, 0.25) is 0 Å². The Morgan fingerprint density at radius 1 is 1.15 bits per heavy atom. The molecule has 0 unspecified atom stereocenters. The van der Waals surface area contributed by atoms with Gasteiger partial charge >= 0.3 is 0 Å². The monoisotopic (exact) mass is 450 g/mol. The summed E-state index contributed by atoms with van der Waals surface area (Å²) in [7, 11) is 5.31. The molecular weight excluding hydrogens is 426 g/mol. The van der Waals surface area contributed by atoms with Crippen molar-refractivity contribution in [2.24, 2.45) is 0 Å². The highest BCUT2D eigenvalue weighted by atomic mass is 19.1. The quantitative estimate of drug-likeness (QED) is 0.444. The molecule has 0 bridgehead atoms. The standard InChI is InChI=1S/C24H24F2N6O/c1-15-10-16(25)7-8-18(15)28-24-22-13-27-14-32(22)21-12-20(17(26)11-19(21)29-24)31(4)23(33)6-5-9-30(2)3/h5-8,10-14H,9H2,1-4H3,(H,28,29). The Balaban J connectivity index is 1.75. The van der Waals surface area contributed by atoms with Gasteiger partial charge in [-0.15, -0.1) is 0 Å². The van der Waals surface area contributed by atoms with E-state index in [9.17, 15) is 9.18 Å². The number of aromatic nitrogens is 3. The zero-order chi connectivity index (χ0) is 23.7. The molecule has 0 aliphatic heterocycles. The van der Waals surface area contributed by atoms with E-state index in [0.29, 0.717) is 40.2 Å². The molecule has 0 aliphatic rings. The highest BCUT2D eigenvalue weighted by Gasteiger charge is 2.18. The molecule has 0 radical (unpaired) electrons. The van der Waals surface area contributed by atoms with Gasteiger partial charge in [-0.3, -0.25) is 9.20 Å². The van der Waals surface area contributed by atoms with E-state index in [-0.39, 0.29) is 17.4 Å². The van der Waals surface area contributed by atoms with E-state index in [1.54, 1.807) is 42.1 Å². The van der Waals surface area contributed by atoms with E-state index in [4.69, 9.17) is 0 Å². The molecule has 170 valence electrons. The Morgan fingerprint density at radius 2 is 1.94 bits per heavy atom. The van der Waals surface area contributed by atoms with Gasteiger partial charge in [0.1, 0.15) is 17.2 Å². The Bertz CT molecular complexity index is 1380. The molecule has 2 aromatic heterocycles. The second kappa shape index (κ2) is 8.95. The summed E-state index contributed by atoms with van der Waals surface area (Å²) in [6.45, 7) is 2.38. The first-order chi connectivity index (χ1) is 15.7. The van der Waals surface area contributed by atoms with Crippen molar-refractivity contribution in [1.82, 2.24) is 19.3 Å². The van der Waals surface area contributed by atoms with Crippen LogP contribution in [0.15, 0.2) is 55.0 Å². The van der Waals surface area contributed by atoms with Gasteiger partial charge in [-0.25, -0.2) is 18.7 Å². The normalized spacial score (nSPS) is 11.7. The maximum atomic E-state index is 15.0. The largest absolute Gasteiger partial charge is 0.338 e. The number of amides is 1. The molecule has 2 aromatic carbocycles. The summed E-state index contributed by atoms with van der Waals surface area (Å²) in [5.41, 5.74) is 3.15. The lowest BCUT2D eigenvalue weighted by molar-refractivity contribution is -0.113. The van der Waals surface area contributed by atoms with Crippen LogP contribution in [-0.2, 0) is 4.79 Å². The van der Waals surface area contributed by atoms with Crippen LogP contribution in [0, 0.1) is 18.6 Å². The Labute approximate surface area is 190 Å². The number of carbonyl (C=O) groups is 1. The van der Waals surface area contributed by atoms with Crippen LogP contribution in [0.2, 0.25) is 0 Å². The molecule has 0 spiro atoms.